The van der Waals surface area contributed by atoms with Crippen LogP contribution in [0, 0.1) is 11.8 Å². The molecule has 0 bridgehead atoms. The van der Waals surface area contributed by atoms with E-state index in [1.165, 1.54) is 18.9 Å². The molecule has 1 saturated heterocycles. The summed E-state index contributed by atoms with van der Waals surface area (Å²) in [5.41, 5.74) is 1.36. The number of halogens is 1. The Labute approximate surface area is 164 Å². The van der Waals surface area contributed by atoms with Gasteiger partial charge in [-0.15, -0.1) is 0 Å². The monoisotopic (exact) mass is 387 g/mol. The SMILES string of the molecule is CC(CC(=O)Nc1ccc(=O)n(Cc2ccccc2Cl)c1)C1CCCNC1. The van der Waals surface area contributed by atoms with Crippen LogP contribution >= 0.6 is 11.6 Å². The number of piperidine rings is 1. The highest BCUT2D eigenvalue weighted by atomic mass is 35.5. The van der Waals surface area contributed by atoms with Crippen LogP contribution in [0.1, 0.15) is 31.7 Å². The predicted molar refractivity (Wildman–Crippen MR) is 109 cm³/mol. The number of anilines is 1. The number of amides is 1. The lowest BCUT2D eigenvalue weighted by Crippen LogP contribution is -2.34. The van der Waals surface area contributed by atoms with Gasteiger partial charge < -0.3 is 15.2 Å². The van der Waals surface area contributed by atoms with E-state index in [1.807, 2.05) is 18.2 Å². The number of pyridine rings is 1. The summed E-state index contributed by atoms with van der Waals surface area (Å²) in [7, 11) is 0. The van der Waals surface area contributed by atoms with Crippen molar-refractivity contribution in [3.8, 4) is 0 Å². The van der Waals surface area contributed by atoms with E-state index in [0.29, 0.717) is 35.5 Å². The molecule has 1 aliphatic rings. The molecule has 1 amide bonds. The Balaban J connectivity index is 1.64. The van der Waals surface area contributed by atoms with Crippen molar-refractivity contribution in [3.05, 3.63) is 63.5 Å². The van der Waals surface area contributed by atoms with E-state index < -0.39 is 0 Å². The molecule has 2 aromatic rings. The topological polar surface area (TPSA) is 63.1 Å². The van der Waals surface area contributed by atoms with Crippen molar-refractivity contribution in [1.29, 1.82) is 0 Å². The first kappa shape index (κ1) is 19.6. The van der Waals surface area contributed by atoms with Gasteiger partial charge in [0, 0.05) is 23.7 Å². The molecule has 144 valence electrons. The van der Waals surface area contributed by atoms with Crippen molar-refractivity contribution in [2.45, 2.75) is 32.7 Å². The third-order valence-corrected chi connectivity index (χ3v) is 5.58. The Morgan fingerprint density at radius 3 is 2.89 bits per heavy atom. The standard InChI is InChI=1S/C21H26ClN3O2/c1-15(16-6-4-10-23-12-16)11-20(26)24-18-8-9-21(27)25(14-18)13-17-5-2-3-7-19(17)22/h2-3,5,7-9,14-16,23H,4,6,10-13H2,1H3,(H,24,26). The van der Waals surface area contributed by atoms with Crippen LogP contribution in [-0.2, 0) is 11.3 Å². The highest BCUT2D eigenvalue weighted by Gasteiger charge is 2.22. The summed E-state index contributed by atoms with van der Waals surface area (Å²) < 4.78 is 1.56. The Kier molecular flexibility index (Phi) is 6.69. The molecule has 5 nitrogen and oxygen atoms in total. The Morgan fingerprint density at radius 2 is 2.15 bits per heavy atom. The summed E-state index contributed by atoms with van der Waals surface area (Å²) in [5, 5.41) is 6.95. The molecule has 0 spiro atoms. The van der Waals surface area contributed by atoms with Crippen molar-refractivity contribution in [3.63, 3.8) is 0 Å². The second kappa shape index (κ2) is 9.20. The minimum Gasteiger partial charge on any atom is -0.325 e. The van der Waals surface area contributed by atoms with Crippen molar-refractivity contribution in [2.24, 2.45) is 11.8 Å². The van der Waals surface area contributed by atoms with Crippen molar-refractivity contribution < 1.29 is 4.79 Å². The van der Waals surface area contributed by atoms with Crippen molar-refractivity contribution in [1.82, 2.24) is 9.88 Å². The normalized spacial score (nSPS) is 18.1. The molecule has 1 aromatic carbocycles. The smallest absolute Gasteiger partial charge is 0.250 e. The molecule has 2 unspecified atom stereocenters. The van der Waals surface area contributed by atoms with Gasteiger partial charge in [0.25, 0.3) is 5.56 Å². The lowest BCUT2D eigenvalue weighted by atomic mass is 9.85. The minimum absolute atomic E-state index is 0.0176. The molecule has 1 aliphatic heterocycles. The lowest BCUT2D eigenvalue weighted by Gasteiger charge is -2.28. The average molecular weight is 388 g/mol. The van der Waals surface area contributed by atoms with Gasteiger partial charge in [-0.3, -0.25) is 9.59 Å². The molecule has 27 heavy (non-hydrogen) atoms. The average Bonchev–Trinajstić information content (AvgIpc) is 2.67. The summed E-state index contributed by atoms with van der Waals surface area (Å²) in [6.07, 6.45) is 4.50. The van der Waals surface area contributed by atoms with Gasteiger partial charge in [0.2, 0.25) is 5.91 Å². The van der Waals surface area contributed by atoms with Gasteiger partial charge >= 0.3 is 0 Å². The third-order valence-electron chi connectivity index (χ3n) is 5.21. The largest absolute Gasteiger partial charge is 0.325 e. The lowest BCUT2D eigenvalue weighted by molar-refractivity contribution is -0.117. The maximum Gasteiger partial charge on any atom is 0.250 e. The number of rotatable bonds is 6. The van der Waals surface area contributed by atoms with Gasteiger partial charge in [-0.2, -0.15) is 0 Å². The van der Waals surface area contributed by atoms with Gasteiger partial charge in [-0.25, -0.2) is 0 Å². The second-order valence-electron chi connectivity index (χ2n) is 7.31. The van der Waals surface area contributed by atoms with E-state index >= 15 is 0 Å². The number of carbonyl (C=O) groups excluding carboxylic acids is 1. The fourth-order valence-corrected chi connectivity index (χ4v) is 3.77. The van der Waals surface area contributed by atoms with Crippen LogP contribution in [0.25, 0.3) is 0 Å². The number of hydrogen-bond acceptors (Lipinski definition) is 3. The Hall–Kier alpha value is -2.11. The molecule has 6 heteroatoms. The minimum atomic E-state index is -0.130. The van der Waals surface area contributed by atoms with Crippen molar-refractivity contribution in [2.75, 3.05) is 18.4 Å². The summed E-state index contributed by atoms with van der Waals surface area (Å²) >= 11 is 6.19. The van der Waals surface area contributed by atoms with E-state index in [-0.39, 0.29) is 11.5 Å². The molecule has 0 saturated carbocycles. The Morgan fingerprint density at radius 1 is 1.33 bits per heavy atom. The zero-order valence-electron chi connectivity index (χ0n) is 15.6. The molecule has 0 radical (unpaired) electrons. The fourth-order valence-electron chi connectivity index (χ4n) is 3.57. The molecular weight excluding hydrogens is 362 g/mol. The first-order valence-corrected chi connectivity index (χ1v) is 9.85. The number of benzene rings is 1. The maximum atomic E-state index is 12.4. The summed E-state index contributed by atoms with van der Waals surface area (Å²) in [5.74, 6) is 0.849. The van der Waals surface area contributed by atoms with Crippen LogP contribution < -0.4 is 16.2 Å². The zero-order valence-corrected chi connectivity index (χ0v) is 16.3. The fraction of sp³-hybridized carbons (Fsp3) is 0.429. The predicted octanol–water partition coefficient (Wildman–Crippen LogP) is 3.51. The van der Waals surface area contributed by atoms with Crippen LogP contribution in [0.2, 0.25) is 5.02 Å². The summed E-state index contributed by atoms with van der Waals surface area (Å²) in [6.45, 7) is 4.56. The van der Waals surface area contributed by atoms with E-state index in [4.69, 9.17) is 11.6 Å². The molecule has 1 aromatic heterocycles. The molecule has 0 aliphatic carbocycles. The van der Waals surface area contributed by atoms with Crippen LogP contribution in [0.15, 0.2) is 47.4 Å². The quantitative estimate of drug-likeness (QED) is 0.797. The van der Waals surface area contributed by atoms with Gasteiger partial charge in [0.05, 0.1) is 12.2 Å². The molecule has 2 heterocycles. The van der Waals surface area contributed by atoms with Crippen LogP contribution in [0.3, 0.4) is 0 Å². The molecule has 1 fully saturated rings. The first-order valence-electron chi connectivity index (χ1n) is 9.47. The van der Waals surface area contributed by atoms with Gasteiger partial charge in [-0.1, -0.05) is 36.7 Å². The number of nitrogens with one attached hydrogen (secondary N) is 2. The van der Waals surface area contributed by atoms with Gasteiger partial charge in [0.1, 0.15) is 0 Å². The number of carbonyl (C=O) groups is 1. The second-order valence-corrected chi connectivity index (χ2v) is 7.72. The van der Waals surface area contributed by atoms with Crippen LogP contribution in [-0.4, -0.2) is 23.6 Å². The number of aromatic nitrogens is 1. The van der Waals surface area contributed by atoms with Crippen molar-refractivity contribution >= 4 is 23.2 Å². The zero-order chi connectivity index (χ0) is 19.2. The van der Waals surface area contributed by atoms with E-state index in [9.17, 15) is 9.59 Å². The summed E-state index contributed by atoms with van der Waals surface area (Å²) in [6, 6.07) is 10.6. The van der Waals surface area contributed by atoms with Gasteiger partial charge in [-0.05, 0) is 55.5 Å². The Bertz CT molecular complexity index is 843. The summed E-state index contributed by atoms with van der Waals surface area (Å²) in [4.78, 5) is 24.6. The molecule has 3 rings (SSSR count). The van der Waals surface area contributed by atoms with E-state index in [0.717, 1.165) is 18.7 Å². The molecular formula is C21H26ClN3O2. The van der Waals surface area contributed by atoms with Gasteiger partial charge in [0.15, 0.2) is 0 Å². The molecule has 2 N–H and O–H groups in total. The first-order chi connectivity index (χ1) is 13.0. The third kappa shape index (κ3) is 5.44. The highest BCUT2D eigenvalue weighted by Crippen LogP contribution is 2.23. The maximum absolute atomic E-state index is 12.4. The number of nitrogens with zero attached hydrogens (tertiary/aromatic N) is 1. The highest BCUT2D eigenvalue weighted by molar-refractivity contribution is 6.31. The van der Waals surface area contributed by atoms with Crippen LogP contribution in [0.5, 0.6) is 0 Å². The van der Waals surface area contributed by atoms with E-state index in [1.54, 1.807) is 22.9 Å². The van der Waals surface area contributed by atoms with E-state index in [2.05, 4.69) is 17.6 Å². The molecule has 2 atom stereocenters. The van der Waals surface area contributed by atoms with Crippen LogP contribution in [0.4, 0.5) is 5.69 Å². The number of hydrogen-bond donors (Lipinski definition) is 2.